The Hall–Kier alpha value is -2.64. The van der Waals surface area contributed by atoms with Gasteiger partial charge in [0.05, 0.1) is 6.20 Å². The first-order chi connectivity index (χ1) is 12.6. The number of rotatable bonds is 4. The second kappa shape index (κ2) is 6.83. The van der Waals surface area contributed by atoms with Crippen LogP contribution in [0.15, 0.2) is 12.3 Å². The van der Waals surface area contributed by atoms with Crippen molar-refractivity contribution in [2.45, 2.75) is 59.5 Å². The minimum Gasteiger partial charge on any atom is -0.347 e. The van der Waals surface area contributed by atoms with Gasteiger partial charge in [0, 0.05) is 36.4 Å². The zero-order valence-corrected chi connectivity index (χ0v) is 16.9. The first-order valence-corrected chi connectivity index (χ1v) is 9.40. The number of aromatic nitrogens is 3. The van der Waals surface area contributed by atoms with E-state index in [1.165, 1.54) is 0 Å². The fourth-order valence-electron chi connectivity index (χ4n) is 3.21. The maximum atomic E-state index is 12.7. The molecule has 8 nitrogen and oxygen atoms in total. The summed E-state index contributed by atoms with van der Waals surface area (Å²) in [5.41, 5.74) is 1.43. The molecule has 8 heteroatoms. The van der Waals surface area contributed by atoms with Crippen molar-refractivity contribution in [2.24, 2.45) is 0 Å². The Morgan fingerprint density at radius 3 is 2.56 bits per heavy atom. The summed E-state index contributed by atoms with van der Waals surface area (Å²) < 4.78 is 1.68. The van der Waals surface area contributed by atoms with E-state index in [1.807, 2.05) is 52.5 Å². The van der Waals surface area contributed by atoms with Gasteiger partial charge in [-0.25, -0.2) is 14.3 Å². The summed E-state index contributed by atoms with van der Waals surface area (Å²) in [5, 5.41) is 7.30. The van der Waals surface area contributed by atoms with Gasteiger partial charge in [0.2, 0.25) is 0 Å². The number of nitrogens with one attached hydrogen (secondary N) is 1. The highest BCUT2D eigenvalue weighted by atomic mass is 16.2. The Morgan fingerprint density at radius 2 is 2.00 bits per heavy atom. The SMILES string of the molecule is CCc1cc(N2CCN(C(C)C)C2=O)nc2c(C(=O)NC(C)(C)C)cnn12. The molecule has 0 spiro atoms. The van der Waals surface area contributed by atoms with Crippen LogP contribution in [-0.4, -0.2) is 56.1 Å². The monoisotopic (exact) mass is 372 g/mol. The number of urea groups is 1. The molecule has 1 saturated heterocycles. The fourth-order valence-corrected chi connectivity index (χ4v) is 3.21. The molecule has 27 heavy (non-hydrogen) atoms. The molecule has 1 aliphatic heterocycles. The molecule has 146 valence electrons. The molecule has 2 aromatic heterocycles. The minimum atomic E-state index is -0.362. The van der Waals surface area contributed by atoms with Crippen molar-refractivity contribution < 1.29 is 9.59 Å². The van der Waals surface area contributed by atoms with Gasteiger partial charge in [-0.3, -0.25) is 9.69 Å². The van der Waals surface area contributed by atoms with E-state index in [0.29, 0.717) is 36.5 Å². The molecule has 0 unspecified atom stereocenters. The largest absolute Gasteiger partial charge is 0.347 e. The Kier molecular flexibility index (Phi) is 4.84. The van der Waals surface area contributed by atoms with Crippen LogP contribution in [0.25, 0.3) is 5.65 Å². The molecule has 0 atom stereocenters. The van der Waals surface area contributed by atoms with Crippen molar-refractivity contribution in [2.75, 3.05) is 18.0 Å². The molecule has 3 amide bonds. The number of carbonyl (C=O) groups is 2. The molecular weight excluding hydrogens is 344 g/mol. The van der Waals surface area contributed by atoms with E-state index in [9.17, 15) is 9.59 Å². The maximum Gasteiger partial charge on any atom is 0.326 e. The normalized spacial score (nSPS) is 15.3. The summed E-state index contributed by atoms with van der Waals surface area (Å²) in [6.07, 6.45) is 2.25. The molecule has 0 radical (unpaired) electrons. The number of nitrogens with zero attached hydrogens (tertiary/aromatic N) is 5. The van der Waals surface area contributed by atoms with Crippen LogP contribution in [0.5, 0.6) is 0 Å². The van der Waals surface area contributed by atoms with Gasteiger partial charge in [-0.2, -0.15) is 5.10 Å². The van der Waals surface area contributed by atoms with Crippen molar-refractivity contribution in [1.29, 1.82) is 0 Å². The Bertz CT molecular complexity index is 880. The standard InChI is InChI=1S/C19H28N6O2/c1-7-13-10-15(24-9-8-23(12(2)3)18(24)27)21-16-14(11-20-25(13)16)17(26)22-19(4,5)6/h10-12H,7-9H2,1-6H3,(H,22,26). The van der Waals surface area contributed by atoms with Crippen molar-refractivity contribution in [3.63, 3.8) is 0 Å². The highest BCUT2D eigenvalue weighted by molar-refractivity contribution is 6.00. The molecule has 0 saturated carbocycles. The number of carbonyl (C=O) groups excluding carboxylic acids is 2. The number of hydrogen-bond acceptors (Lipinski definition) is 4. The number of hydrogen-bond donors (Lipinski definition) is 1. The molecule has 1 fully saturated rings. The lowest BCUT2D eigenvalue weighted by atomic mass is 10.1. The lowest BCUT2D eigenvalue weighted by molar-refractivity contribution is 0.0921. The van der Waals surface area contributed by atoms with Crippen LogP contribution < -0.4 is 10.2 Å². The van der Waals surface area contributed by atoms with Crippen LogP contribution >= 0.6 is 0 Å². The molecule has 3 rings (SSSR count). The third-order valence-electron chi connectivity index (χ3n) is 4.57. The van der Waals surface area contributed by atoms with Crippen molar-refractivity contribution in [3.05, 3.63) is 23.5 Å². The van der Waals surface area contributed by atoms with E-state index >= 15 is 0 Å². The third kappa shape index (κ3) is 3.61. The number of aryl methyl sites for hydroxylation is 1. The summed E-state index contributed by atoms with van der Waals surface area (Å²) in [6.45, 7) is 13.1. The van der Waals surface area contributed by atoms with Gasteiger partial charge in [-0.15, -0.1) is 0 Å². The van der Waals surface area contributed by atoms with E-state index in [2.05, 4.69) is 15.4 Å². The first kappa shape index (κ1) is 19.1. The summed E-state index contributed by atoms with van der Waals surface area (Å²) in [4.78, 5) is 33.6. The number of anilines is 1. The van der Waals surface area contributed by atoms with Crippen LogP contribution in [-0.2, 0) is 6.42 Å². The van der Waals surface area contributed by atoms with Crippen molar-refractivity contribution in [3.8, 4) is 0 Å². The molecule has 0 bridgehead atoms. The van der Waals surface area contributed by atoms with Gasteiger partial charge in [0.1, 0.15) is 11.4 Å². The second-order valence-electron chi connectivity index (χ2n) is 8.18. The van der Waals surface area contributed by atoms with Crippen molar-refractivity contribution >= 4 is 23.4 Å². The van der Waals surface area contributed by atoms with Crippen LogP contribution in [0.2, 0.25) is 0 Å². The zero-order chi connectivity index (χ0) is 19.9. The Morgan fingerprint density at radius 1 is 1.30 bits per heavy atom. The fraction of sp³-hybridized carbons (Fsp3) is 0.579. The minimum absolute atomic E-state index is 0.0517. The van der Waals surface area contributed by atoms with Crippen LogP contribution in [0, 0.1) is 0 Å². The Balaban J connectivity index is 2.05. The summed E-state index contributed by atoms with van der Waals surface area (Å²) >= 11 is 0. The first-order valence-electron chi connectivity index (χ1n) is 9.40. The number of fused-ring (bicyclic) bond motifs is 1. The summed E-state index contributed by atoms with van der Waals surface area (Å²) in [6, 6.07) is 1.97. The highest BCUT2D eigenvalue weighted by Crippen LogP contribution is 2.24. The number of amides is 3. The van der Waals surface area contributed by atoms with Gasteiger partial charge in [-0.1, -0.05) is 6.92 Å². The predicted octanol–water partition coefficient (Wildman–Crippen LogP) is 2.47. The van der Waals surface area contributed by atoms with Crippen LogP contribution in [0.4, 0.5) is 10.6 Å². The zero-order valence-electron chi connectivity index (χ0n) is 16.9. The van der Waals surface area contributed by atoms with Crippen molar-refractivity contribution in [1.82, 2.24) is 24.8 Å². The quantitative estimate of drug-likeness (QED) is 0.894. The molecular formula is C19H28N6O2. The topological polar surface area (TPSA) is 82.8 Å². The summed E-state index contributed by atoms with van der Waals surface area (Å²) in [7, 11) is 0. The highest BCUT2D eigenvalue weighted by Gasteiger charge is 2.33. The van der Waals surface area contributed by atoms with Gasteiger partial charge >= 0.3 is 6.03 Å². The molecule has 2 aromatic rings. The predicted molar refractivity (Wildman–Crippen MR) is 104 cm³/mol. The van der Waals surface area contributed by atoms with Gasteiger partial charge < -0.3 is 10.2 Å². The van der Waals surface area contributed by atoms with E-state index < -0.39 is 0 Å². The molecule has 0 aromatic carbocycles. The van der Waals surface area contributed by atoms with E-state index in [4.69, 9.17) is 0 Å². The smallest absolute Gasteiger partial charge is 0.326 e. The van der Waals surface area contributed by atoms with Crippen LogP contribution in [0.1, 0.15) is 57.6 Å². The lowest BCUT2D eigenvalue weighted by Gasteiger charge is -2.22. The average molecular weight is 372 g/mol. The maximum absolute atomic E-state index is 12.7. The van der Waals surface area contributed by atoms with Gasteiger partial charge in [0.25, 0.3) is 5.91 Å². The second-order valence-corrected chi connectivity index (χ2v) is 8.18. The summed E-state index contributed by atoms with van der Waals surface area (Å²) in [5.74, 6) is 0.346. The third-order valence-corrected chi connectivity index (χ3v) is 4.57. The molecule has 0 aliphatic carbocycles. The Labute approximate surface area is 159 Å². The molecule has 1 N–H and O–H groups in total. The lowest BCUT2D eigenvalue weighted by Crippen LogP contribution is -2.40. The van der Waals surface area contributed by atoms with Gasteiger partial charge in [-0.05, 0) is 41.0 Å². The van der Waals surface area contributed by atoms with E-state index in [-0.39, 0.29) is 23.5 Å². The molecule has 1 aliphatic rings. The van der Waals surface area contributed by atoms with E-state index in [0.717, 1.165) is 5.69 Å². The van der Waals surface area contributed by atoms with E-state index in [1.54, 1.807) is 15.6 Å². The van der Waals surface area contributed by atoms with Crippen LogP contribution in [0.3, 0.4) is 0 Å². The average Bonchev–Trinajstić information content (AvgIpc) is 3.15. The molecule has 3 heterocycles. The van der Waals surface area contributed by atoms with Gasteiger partial charge in [0.15, 0.2) is 5.65 Å².